The Bertz CT molecular complexity index is 406. The van der Waals surface area contributed by atoms with E-state index in [4.69, 9.17) is 18.9 Å². The lowest BCUT2D eigenvalue weighted by molar-refractivity contribution is -0.173. The Kier molecular flexibility index (Phi) is 4.76. The molecule has 1 aliphatic rings. The van der Waals surface area contributed by atoms with Crippen molar-refractivity contribution in [1.82, 2.24) is 0 Å². The minimum absolute atomic E-state index is 0.184. The van der Waals surface area contributed by atoms with Gasteiger partial charge in [-0.05, 0) is 30.7 Å². The molecule has 2 atom stereocenters. The molecule has 0 bridgehead atoms. The molecule has 1 saturated heterocycles. The van der Waals surface area contributed by atoms with Gasteiger partial charge in [0, 0.05) is 13.5 Å². The second kappa shape index (κ2) is 6.54. The number of ether oxygens (including phenoxy) is 4. The van der Waals surface area contributed by atoms with Crippen LogP contribution in [0.25, 0.3) is 0 Å². The minimum Gasteiger partial charge on any atom is -0.497 e. The predicted octanol–water partition coefficient (Wildman–Crippen LogP) is 2.00. The van der Waals surface area contributed by atoms with Gasteiger partial charge in [0.1, 0.15) is 11.9 Å². The highest BCUT2D eigenvalue weighted by molar-refractivity contribution is 5.89. The molecule has 0 spiro atoms. The zero-order valence-corrected chi connectivity index (χ0v) is 11.1. The summed E-state index contributed by atoms with van der Waals surface area (Å²) in [5.74, 6) is 0.368. The first-order valence-corrected chi connectivity index (χ1v) is 6.22. The Morgan fingerprint density at radius 2 is 1.95 bits per heavy atom. The number of esters is 1. The van der Waals surface area contributed by atoms with Crippen molar-refractivity contribution in [1.29, 1.82) is 0 Å². The number of hydrogen-bond acceptors (Lipinski definition) is 5. The third kappa shape index (κ3) is 3.68. The van der Waals surface area contributed by atoms with E-state index in [9.17, 15) is 4.79 Å². The molecule has 0 aromatic heterocycles. The average Bonchev–Trinajstić information content (AvgIpc) is 2.48. The average molecular weight is 266 g/mol. The van der Waals surface area contributed by atoms with Gasteiger partial charge in [-0.3, -0.25) is 0 Å². The summed E-state index contributed by atoms with van der Waals surface area (Å²) in [7, 11) is 3.19. The smallest absolute Gasteiger partial charge is 0.338 e. The lowest BCUT2D eigenvalue weighted by atomic mass is 10.1. The van der Waals surface area contributed by atoms with E-state index in [1.54, 1.807) is 38.5 Å². The van der Waals surface area contributed by atoms with Crippen LogP contribution in [0.5, 0.6) is 5.75 Å². The van der Waals surface area contributed by atoms with E-state index in [0.29, 0.717) is 17.9 Å². The maximum atomic E-state index is 11.9. The Hall–Kier alpha value is -1.59. The molecule has 104 valence electrons. The fourth-order valence-corrected chi connectivity index (χ4v) is 1.93. The van der Waals surface area contributed by atoms with Crippen molar-refractivity contribution in [2.24, 2.45) is 0 Å². The lowest BCUT2D eigenvalue weighted by Gasteiger charge is -2.27. The molecule has 0 saturated carbocycles. The zero-order valence-electron chi connectivity index (χ0n) is 11.1. The zero-order chi connectivity index (χ0) is 13.7. The van der Waals surface area contributed by atoms with Crippen LogP contribution in [0.3, 0.4) is 0 Å². The van der Waals surface area contributed by atoms with E-state index in [1.807, 2.05) is 0 Å². The van der Waals surface area contributed by atoms with Crippen LogP contribution in [0.15, 0.2) is 24.3 Å². The molecule has 5 heteroatoms. The normalized spacial score (nSPS) is 22.8. The maximum Gasteiger partial charge on any atom is 0.338 e. The monoisotopic (exact) mass is 266 g/mol. The molecule has 1 heterocycles. The molecule has 1 aliphatic heterocycles. The van der Waals surface area contributed by atoms with Crippen molar-refractivity contribution in [3.63, 3.8) is 0 Å². The molecule has 0 amide bonds. The van der Waals surface area contributed by atoms with Crippen LogP contribution < -0.4 is 4.74 Å². The van der Waals surface area contributed by atoms with Crippen molar-refractivity contribution in [2.45, 2.75) is 25.2 Å². The molecule has 2 rings (SSSR count). The fourth-order valence-electron chi connectivity index (χ4n) is 1.93. The van der Waals surface area contributed by atoms with Gasteiger partial charge in [0.15, 0.2) is 6.29 Å². The highest BCUT2D eigenvalue weighted by atomic mass is 16.7. The summed E-state index contributed by atoms with van der Waals surface area (Å²) < 4.78 is 20.9. The molecule has 0 N–H and O–H groups in total. The highest BCUT2D eigenvalue weighted by Gasteiger charge is 2.24. The maximum absolute atomic E-state index is 11.9. The van der Waals surface area contributed by atoms with E-state index >= 15 is 0 Å². The predicted molar refractivity (Wildman–Crippen MR) is 68.2 cm³/mol. The summed E-state index contributed by atoms with van der Waals surface area (Å²) in [6.07, 6.45) is 1.09. The van der Waals surface area contributed by atoms with Gasteiger partial charge in [-0.15, -0.1) is 0 Å². The fraction of sp³-hybridized carbons (Fsp3) is 0.500. The van der Waals surface area contributed by atoms with Crippen molar-refractivity contribution in [2.75, 3.05) is 20.8 Å². The van der Waals surface area contributed by atoms with E-state index in [0.717, 1.165) is 12.8 Å². The molecule has 1 aromatic carbocycles. The second-order valence-corrected chi connectivity index (χ2v) is 4.33. The first kappa shape index (κ1) is 13.8. The molecular weight excluding hydrogens is 248 g/mol. The van der Waals surface area contributed by atoms with Gasteiger partial charge >= 0.3 is 5.97 Å². The number of carbonyl (C=O) groups excluding carboxylic acids is 1. The van der Waals surface area contributed by atoms with Gasteiger partial charge in [0.25, 0.3) is 0 Å². The first-order chi connectivity index (χ1) is 9.22. The van der Waals surface area contributed by atoms with Crippen LogP contribution in [0.1, 0.15) is 23.2 Å². The number of hydrogen-bond donors (Lipinski definition) is 0. The third-order valence-electron chi connectivity index (χ3n) is 3.05. The van der Waals surface area contributed by atoms with E-state index in [-0.39, 0.29) is 18.4 Å². The summed E-state index contributed by atoms with van der Waals surface area (Å²) >= 11 is 0. The molecule has 2 unspecified atom stereocenters. The summed E-state index contributed by atoms with van der Waals surface area (Å²) in [5, 5.41) is 0. The van der Waals surface area contributed by atoms with Crippen molar-refractivity contribution in [3.05, 3.63) is 29.8 Å². The van der Waals surface area contributed by atoms with Gasteiger partial charge < -0.3 is 18.9 Å². The molecule has 0 aliphatic carbocycles. The highest BCUT2D eigenvalue weighted by Crippen LogP contribution is 2.18. The van der Waals surface area contributed by atoms with Crippen LogP contribution in [-0.4, -0.2) is 39.2 Å². The summed E-state index contributed by atoms with van der Waals surface area (Å²) in [5.41, 5.74) is 0.509. The SMILES string of the molecule is COc1ccc(C(=O)OC2CCC(OC)OC2)cc1. The van der Waals surface area contributed by atoms with Crippen molar-refractivity contribution in [3.8, 4) is 5.75 Å². The van der Waals surface area contributed by atoms with Gasteiger partial charge in [-0.25, -0.2) is 4.79 Å². The van der Waals surface area contributed by atoms with Crippen LogP contribution in [-0.2, 0) is 14.2 Å². The molecule has 1 fully saturated rings. The Labute approximate surface area is 112 Å². The van der Waals surface area contributed by atoms with Gasteiger partial charge in [-0.1, -0.05) is 0 Å². The summed E-state index contributed by atoms with van der Waals surface area (Å²) in [4.78, 5) is 11.9. The minimum atomic E-state index is -0.341. The second-order valence-electron chi connectivity index (χ2n) is 4.33. The number of carbonyl (C=O) groups is 1. The Morgan fingerprint density at radius 3 is 2.47 bits per heavy atom. The van der Waals surface area contributed by atoms with Crippen LogP contribution in [0, 0.1) is 0 Å². The summed E-state index contributed by atoms with van der Waals surface area (Å²) in [6, 6.07) is 6.83. The van der Waals surface area contributed by atoms with Crippen LogP contribution in [0.2, 0.25) is 0 Å². The van der Waals surface area contributed by atoms with E-state index in [2.05, 4.69) is 0 Å². The van der Waals surface area contributed by atoms with Crippen LogP contribution >= 0.6 is 0 Å². The van der Waals surface area contributed by atoms with Crippen LogP contribution in [0.4, 0.5) is 0 Å². The number of rotatable bonds is 4. The largest absolute Gasteiger partial charge is 0.497 e. The quantitative estimate of drug-likeness (QED) is 0.780. The van der Waals surface area contributed by atoms with E-state index in [1.165, 1.54) is 0 Å². The van der Waals surface area contributed by atoms with E-state index < -0.39 is 0 Å². The molecule has 1 aromatic rings. The number of methoxy groups -OCH3 is 2. The van der Waals surface area contributed by atoms with Gasteiger partial charge in [0.05, 0.1) is 19.3 Å². The lowest BCUT2D eigenvalue weighted by Crippen LogP contribution is -2.33. The Balaban J connectivity index is 1.87. The molecular formula is C14H18O5. The Morgan fingerprint density at radius 1 is 1.21 bits per heavy atom. The molecule has 0 radical (unpaired) electrons. The standard InChI is InChI=1S/C14H18O5/c1-16-11-5-3-10(4-6-11)14(15)19-12-7-8-13(17-2)18-9-12/h3-6,12-13H,7-9H2,1-2H3. The topological polar surface area (TPSA) is 54.0 Å². The first-order valence-electron chi connectivity index (χ1n) is 6.22. The van der Waals surface area contributed by atoms with Crippen molar-refractivity contribution < 1.29 is 23.7 Å². The van der Waals surface area contributed by atoms with Gasteiger partial charge in [-0.2, -0.15) is 0 Å². The number of benzene rings is 1. The molecule has 5 nitrogen and oxygen atoms in total. The molecule has 19 heavy (non-hydrogen) atoms. The third-order valence-corrected chi connectivity index (χ3v) is 3.05. The van der Waals surface area contributed by atoms with Gasteiger partial charge in [0.2, 0.25) is 0 Å². The van der Waals surface area contributed by atoms with Crippen molar-refractivity contribution >= 4 is 5.97 Å². The summed E-state index contributed by atoms with van der Waals surface area (Å²) in [6.45, 7) is 0.375.